The quantitative estimate of drug-likeness (QED) is 0.152. The Labute approximate surface area is 233 Å². The number of hydrogen-bond donors (Lipinski definition) is 1. The lowest BCUT2D eigenvalue weighted by molar-refractivity contribution is -0.138. The zero-order chi connectivity index (χ0) is 29.6. The summed E-state index contributed by atoms with van der Waals surface area (Å²) in [5, 5.41) is 3.26. The Morgan fingerprint density at radius 2 is 1.07 bits per heavy atom. The number of nitrogens with one attached hydrogen (secondary N) is 1. The largest absolute Gasteiger partial charge is 0.496 e. The molecule has 0 aromatic heterocycles. The molecule has 0 fully saturated rings. The smallest absolute Gasteiger partial charge is 0.416 e. The molecule has 0 aliphatic heterocycles. The van der Waals surface area contributed by atoms with Crippen molar-refractivity contribution in [1.82, 2.24) is 5.32 Å². The third-order valence-corrected chi connectivity index (χ3v) is 6.39. The van der Waals surface area contributed by atoms with Gasteiger partial charge >= 0.3 is 12.4 Å². The number of hydrogen-bond acceptors (Lipinski definition) is 4. The number of rotatable bonds is 10. The van der Waals surface area contributed by atoms with Crippen LogP contribution < -0.4 is 19.5 Å². The second kappa shape index (κ2) is 12.6. The summed E-state index contributed by atoms with van der Waals surface area (Å²) in [6, 6.07) is 20.3. The highest BCUT2D eigenvalue weighted by atomic mass is 19.4. The van der Waals surface area contributed by atoms with E-state index in [1.165, 1.54) is 38.5 Å². The van der Waals surface area contributed by atoms with Crippen molar-refractivity contribution in [1.29, 1.82) is 0 Å². The van der Waals surface area contributed by atoms with Crippen LogP contribution in [0.25, 0.3) is 11.1 Å². The molecule has 0 saturated heterocycles. The molecule has 0 saturated carbocycles. The SMILES string of the molecule is COc1cc(Oc2ccc(-c3ccc(C(F)(F)F)cc3)cc2)cc(OC)c1CNCCc1ccc(C(F)(F)F)cc1. The van der Waals surface area contributed by atoms with Crippen LogP contribution in [0.2, 0.25) is 0 Å². The van der Waals surface area contributed by atoms with Gasteiger partial charge < -0.3 is 19.5 Å². The summed E-state index contributed by atoms with van der Waals surface area (Å²) >= 11 is 0. The topological polar surface area (TPSA) is 39.7 Å². The number of methoxy groups -OCH3 is 2. The predicted octanol–water partition coefficient (Wildman–Crippen LogP) is 8.53. The average Bonchev–Trinajstić information content (AvgIpc) is 2.95. The first-order valence-electron chi connectivity index (χ1n) is 12.5. The summed E-state index contributed by atoms with van der Waals surface area (Å²) in [7, 11) is 3.03. The van der Waals surface area contributed by atoms with Crippen LogP contribution in [0, 0.1) is 0 Å². The fraction of sp³-hybridized carbons (Fsp3) is 0.226. The summed E-state index contributed by atoms with van der Waals surface area (Å²) in [4.78, 5) is 0. The molecule has 1 N–H and O–H groups in total. The van der Waals surface area contributed by atoms with Crippen molar-refractivity contribution in [2.24, 2.45) is 0 Å². The van der Waals surface area contributed by atoms with E-state index in [-0.39, 0.29) is 0 Å². The second-order valence-corrected chi connectivity index (χ2v) is 9.13. The van der Waals surface area contributed by atoms with Gasteiger partial charge in [0.1, 0.15) is 23.0 Å². The summed E-state index contributed by atoms with van der Waals surface area (Å²) in [5.74, 6) is 1.99. The van der Waals surface area contributed by atoms with Crippen molar-refractivity contribution in [2.45, 2.75) is 25.3 Å². The van der Waals surface area contributed by atoms with Gasteiger partial charge in [0.25, 0.3) is 0 Å². The van der Waals surface area contributed by atoms with E-state index in [2.05, 4.69) is 5.32 Å². The molecule has 4 nitrogen and oxygen atoms in total. The molecule has 0 unspecified atom stereocenters. The van der Waals surface area contributed by atoms with Crippen molar-refractivity contribution in [3.63, 3.8) is 0 Å². The molecule has 0 bridgehead atoms. The van der Waals surface area contributed by atoms with Gasteiger partial charge in [-0.15, -0.1) is 0 Å². The van der Waals surface area contributed by atoms with Gasteiger partial charge in [-0.05, 0) is 66.1 Å². The Balaban J connectivity index is 1.39. The molecule has 10 heteroatoms. The van der Waals surface area contributed by atoms with Crippen LogP contribution in [0.4, 0.5) is 26.3 Å². The standard InChI is InChI=1S/C31H27F6NO3/c1-39-28-17-26(41-25-13-7-22(8-14-25)21-5-11-24(12-6-21)31(35,36)37)18-29(40-2)27(28)19-38-16-15-20-3-9-23(10-4-20)30(32,33)34/h3-14,17-18,38H,15-16,19H2,1-2H3. The molecular formula is C31H27F6NO3. The highest BCUT2D eigenvalue weighted by Gasteiger charge is 2.30. The minimum atomic E-state index is -4.39. The Kier molecular flexibility index (Phi) is 9.12. The lowest BCUT2D eigenvalue weighted by Gasteiger charge is -2.16. The summed E-state index contributed by atoms with van der Waals surface area (Å²) in [6.07, 6.45) is -8.22. The molecule has 41 heavy (non-hydrogen) atoms. The summed E-state index contributed by atoms with van der Waals surface area (Å²) < 4.78 is 93.8. The fourth-order valence-corrected chi connectivity index (χ4v) is 4.20. The zero-order valence-corrected chi connectivity index (χ0v) is 22.2. The minimum absolute atomic E-state index is 0.384. The first-order valence-corrected chi connectivity index (χ1v) is 12.5. The third kappa shape index (κ3) is 7.73. The summed E-state index contributed by atoms with van der Waals surface area (Å²) in [6.45, 7) is 0.899. The van der Waals surface area contributed by atoms with E-state index in [0.29, 0.717) is 48.1 Å². The van der Waals surface area contributed by atoms with Crippen LogP contribution in [-0.2, 0) is 25.3 Å². The van der Waals surface area contributed by atoms with Crippen LogP contribution in [0.5, 0.6) is 23.0 Å². The van der Waals surface area contributed by atoms with E-state index in [1.54, 1.807) is 36.4 Å². The second-order valence-electron chi connectivity index (χ2n) is 9.13. The van der Waals surface area contributed by atoms with Crippen LogP contribution in [0.15, 0.2) is 84.9 Å². The predicted molar refractivity (Wildman–Crippen MR) is 143 cm³/mol. The van der Waals surface area contributed by atoms with Crippen molar-refractivity contribution in [3.05, 3.63) is 107 Å². The van der Waals surface area contributed by atoms with Crippen LogP contribution >= 0.6 is 0 Å². The van der Waals surface area contributed by atoms with E-state index in [0.717, 1.165) is 41.0 Å². The Hall–Kier alpha value is -4.18. The zero-order valence-electron chi connectivity index (χ0n) is 22.2. The Morgan fingerprint density at radius 3 is 1.54 bits per heavy atom. The molecule has 4 rings (SSSR count). The lowest BCUT2D eigenvalue weighted by atomic mass is 10.0. The van der Waals surface area contributed by atoms with Crippen LogP contribution in [0.3, 0.4) is 0 Å². The van der Waals surface area contributed by atoms with E-state index in [9.17, 15) is 26.3 Å². The van der Waals surface area contributed by atoms with Gasteiger partial charge in [0.2, 0.25) is 0 Å². The van der Waals surface area contributed by atoms with Gasteiger partial charge in [0.15, 0.2) is 0 Å². The number of benzene rings is 4. The molecule has 0 aliphatic rings. The van der Waals surface area contributed by atoms with Gasteiger partial charge in [-0.1, -0.05) is 36.4 Å². The average molecular weight is 576 g/mol. The molecule has 4 aromatic rings. The normalized spacial score (nSPS) is 11.8. The molecule has 0 atom stereocenters. The molecule has 0 amide bonds. The van der Waals surface area contributed by atoms with Gasteiger partial charge in [-0.25, -0.2) is 0 Å². The highest BCUT2D eigenvalue weighted by molar-refractivity contribution is 5.64. The Morgan fingerprint density at radius 1 is 0.610 bits per heavy atom. The molecule has 0 heterocycles. The third-order valence-electron chi connectivity index (χ3n) is 6.39. The van der Waals surface area contributed by atoms with Crippen molar-refractivity contribution >= 4 is 0 Å². The molecular weight excluding hydrogens is 548 g/mol. The highest BCUT2D eigenvalue weighted by Crippen LogP contribution is 2.37. The monoisotopic (exact) mass is 575 g/mol. The van der Waals surface area contributed by atoms with Crippen molar-refractivity contribution in [2.75, 3.05) is 20.8 Å². The van der Waals surface area contributed by atoms with Crippen LogP contribution in [-0.4, -0.2) is 20.8 Å². The first kappa shape index (κ1) is 29.8. The van der Waals surface area contributed by atoms with Crippen molar-refractivity contribution < 1.29 is 40.6 Å². The maximum atomic E-state index is 12.8. The van der Waals surface area contributed by atoms with Gasteiger partial charge in [-0.2, -0.15) is 26.3 Å². The van der Waals surface area contributed by atoms with Gasteiger partial charge in [0.05, 0.1) is 30.9 Å². The number of alkyl halides is 6. The number of ether oxygens (including phenoxy) is 3. The van der Waals surface area contributed by atoms with Crippen LogP contribution in [0.1, 0.15) is 22.3 Å². The summed E-state index contributed by atoms with van der Waals surface area (Å²) in [5.41, 5.74) is 1.51. The van der Waals surface area contributed by atoms with Gasteiger partial charge in [-0.3, -0.25) is 0 Å². The van der Waals surface area contributed by atoms with E-state index in [4.69, 9.17) is 14.2 Å². The first-order chi connectivity index (χ1) is 19.5. The lowest BCUT2D eigenvalue weighted by Crippen LogP contribution is -2.18. The van der Waals surface area contributed by atoms with E-state index < -0.39 is 23.5 Å². The van der Waals surface area contributed by atoms with E-state index in [1.807, 2.05) is 0 Å². The number of halogens is 6. The maximum Gasteiger partial charge on any atom is 0.416 e. The molecule has 0 spiro atoms. The Bertz CT molecular complexity index is 1410. The minimum Gasteiger partial charge on any atom is -0.496 e. The van der Waals surface area contributed by atoms with E-state index >= 15 is 0 Å². The van der Waals surface area contributed by atoms with Crippen molar-refractivity contribution in [3.8, 4) is 34.1 Å². The molecule has 4 aromatic carbocycles. The molecule has 0 aliphatic carbocycles. The maximum absolute atomic E-state index is 12.8. The molecule has 0 radical (unpaired) electrons. The molecule has 216 valence electrons. The fourth-order valence-electron chi connectivity index (χ4n) is 4.20. The van der Waals surface area contributed by atoms with Gasteiger partial charge in [0, 0.05) is 18.7 Å².